The van der Waals surface area contributed by atoms with Gasteiger partial charge in [0, 0.05) is 23.0 Å². The maximum Gasteiger partial charge on any atom is 0.228 e. The summed E-state index contributed by atoms with van der Waals surface area (Å²) in [6.07, 6.45) is 1.10. The van der Waals surface area contributed by atoms with E-state index in [1.807, 2.05) is 18.2 Å². The number of benzene rings is 1. The lowest BCUT2D eigenvalue weighted by Crippen LogP contribution is -2.28. The van der Waals surface area contributed by atoms with Gasteiger partial charge >= 0.3 is 0 Å². The number of hydrogen-bond donors (Lipinski definition) is 2. The molecular formula is C20H23N5OS2. The fourth-order valence-corrected chi connectivity index (χ4v) is 6.03. The van der Waals surface area contributed by atoms with Gasteiger partial charge in [0.2, 0.25) is 5.95 Å². The van der Waals surface area contributed by atoms with E-state index < -0.39 is 11.2 Å². The molecule has 0 radical (unpaired) electrons. The van der Waals surface area contributed by atoms with E-state index in [-0.39, 0.29) is 0 Å². The highest BCUT2D eigenvalue weighted by atomic mass is 32.2. The van der Waals surface area contributed by atoms with Crippen molar-refractivity contribution in [3.63, 3.8) is 0 Å². The van der Waals surface area contributed by atoms with Gasteiger partial charge in [-0.1, -0.05) is 18.2 Å². The van der Waals surface area contributed by atoms with Crippen LogP contribution in [0.2, 0.25) is 0 Å². The topological polar surface area (TPSA) is 76.1 Å². The summed E-state index contributed by atoms with van der Waals surface area (Å²) < 4.78 is 13.7. The van der Waals surface area contributed by atoms with Crippen LogP contribution in [0.1, 0.15) is 16.9 Å². The van der Waals surface area contributed by atoms with Crippen LogP contribution in [0.25, 0.3) is 10.2 Å². The number of aryl methyl sites for hydroxylation is 1. The van der Waals surface area contributed by atoms with Crippen molar-refractivity contribution in [3.05, 3.63) is 40.8 Å². The molecule has 0 saturated carbocycles. The van der Waals surface area contributed by atoms with Gasteiger partial charge in [-0.2, -0.15) is 4.98 Å². The van der Waals surface area contributed by atoms with E-state index in [0.717, 1.165) is 46.0 Å². The summed E-state index contributed by atoms with van der Waals surface area (Å²) in [4.78, 5) is 14.1. The third-order valence-electron chi connectivity index (χ3n) is 5.29. The molecule has 146 valence electrons. The normalized spacial score (nSPS) is 22.3. The first kappa shape index (κ1) is 18.2. The minimum Gasteiger partial charge on any atom is -0.611 e. The van der Waals surface area contributed by atoms with Crippen LogP contribution in [0.4, 0.5) is 11.8 Å². The summed E-state index contributed by atoms with van der Waals surface area (Å²) in [6, 6.07) is 10.5. The van der Waals surface area contributed by atoms with Gasteiger partial charge in [0.05, 0.1) is 23.3 Å². The van der Waals surface area contributed by atoms with E-state index in [4.69, 9.17) is 9.97 Å². The molecule has 1 fully saturated rings. The lowest BCUT2D eigenvalue weighted by molar-refractivity contribution is 0.595. The Morgan fingerprint density at radius 3 is 3.07 bits per heavy atom. The summed E-state index contributed by atoms with van der Waals surface area (Å²) in [6.45, 7) is 5.47. The molecule has 3 aromatic rings. The minimum absolute atomic E-state index is 0.394. The first-order valence-corrected chi connectivity index (χ1v) is 11.8. The highest BCUT2D eigenvalue weighted by Gasteiger charge is 2.26. The van der Waals surface area contributed by atoms with E-state index in [2.05, 4.69) is 34.6 Å². The van der Waals surface area contributed by atoms with Crippen molar-refractivity contribution in [2.45, 2.75) is 30.8 Å². The molecule has 6 nitrogen and oxygen atoms in total. The Labute approximate surface area is 171 Å². The molecule has 0 bridgehead atoms. The summed E-state index contributed by atoms with van der Waals surface area (Å²) in [7, 11) is 0. The Balaban J connectivity index is 1.53. The predicted octanol–water partition coefficient (Wildman–Crippen LogP) is 2.90. The number of thiophene rings is 1. The van der Waals surface area contributed by atoms with Crippen molar-refractivity contribution in [1.82, 2.24) is 15.3 Å². The van der Waals surface area contributed by atoms with Gasteiger partial charge in [0.25, 0.3) is 0 Å². The molecule has 2 unspecified atom stereocenters. The first-order valence-electron chi connectivity index (χ1n) is 9.64. The Kier molecular flexibility index (Phi) is 4.88. The number of rotatable bonds is 3. The van der Waals surface area contributed by atoms with E-state index in [1.54, 1.807) is 11.3 Å². The van der Waals surface area contributed by atoms with Crippen LogP contribution in [0.15, 0.2) is 35.2 Å². The Bertz CT molecular complexity index is 1000. The quantitative estimate of drug-likeness (QED) is 0.643. The molecule has 28 heavy (non-hydrogen) atoms. The molecule has 2 aliphatic rings. The Morgan fingerprint density at radius 1 is 1.32 bits per heavy atom. The third kappa shape index (κ3) is 3.45. The van der Waals surface area contributed by atoms with Crippen LogP contribution in [-0.2, 0) is 17.7 Å². The monoisotopic (exact) mass is 413 g/mol. The van der Waals surface area contributed by atoms with Crippen LogP contribution >= 0.6 is 11.3 Å². The van der Waals surface area contributed by atoms with Crippen LogP contribution in [0.5, 0.6) is 0 Å². The Morgan fingerprint density at radius 2 is 2.21 bits per heavy atom. The highest BCUT2D eigenvalue weighted by molar-refractivity contribution is 7.91. The maximum absolute atomic E-state index is 12.6. The average Bonchev–Trinajstić information content (AvgIpc) is 3.30. The van der Waals surface area contributed by atoms with Gasteiger partial charge in [-0.15, -0.1) is 11.3 Å². The summed E-state index contributed by atoms with van der Waals surface area (Å²) in [5, 5.41) is 7.03. The molecular weight excluding hydrogens is 390 g/mol. The van der Waals surface area contributed by atoms with Crippen LogP contribution in [0.3, 0.4) is 0 Å². The van der Waals surface area contributed by atoms with E-state index in [0.29, 0.717) is 30.8 Å². The van der Waals surface area contributed by atoms with E-state index in [1.165, 1.54) is 4.88 Å². The molecule has 0 spiro atoms. The largest absolute Gasteiger partial charge is 0.611 e. The SMILES string of the molecule is Cc1cc2nc(N3CC[S+]([O-])c4ccccc4C3)nc(NC3CCNC3)c2s1. The van der Waals surface area contributed by atoms with E-state index in [9.17, 15) is 4.55 Å². The highest BCUT2D eigenvalue weighted by Crippen LogP contribution is 2.33. The van der Waals surface area contributed by atoms with Gasteiger partial charge in [-0.3, -0.25) is 0 Å². The van der Waals surface area contributed by atoms with Gasteiger partial charge in [-0.05, 0) is 43.2 Å². The lowest BCUT2D eigenvalue weighted by atomic mass is 10.2. The third-order valence-corrected chi connectivity index (χ3v) is 7.78. The number of nitrogens with zero attached hydrogens (tertiary/aromatic N) is 3. The van der Waals surface area contributed by atoms with Gasteiger partial charge in [0.15, 0.2) is 4.90 Å². The van der Waals surface area contributed by atoms with Crippen molar-refractivity contribution in [2.75, 3.05) is 35.6 Å². The molecule has 2 N–H and O–H groups in total. The number of nitrogens with one attached hydrogen (secondary N) is 2. The first-order chi connectivity index (χ1) is 13.7. The Hall–Kier alpha value is -1.87. The van der Waals surface area contributed by atoms with Crippen molar-refractivity contribution in [3.8, 4) is 0 Å². The van der Waals surface area contributed by atoms with Gasteiger partial charge < -0.3 is 20.1 Å². The van der Waals surface area contributed by atoms with Crippen LogP contribution < -0.4 is 15.5 Å². The summed E-state index contributed by atoms with van der Waals surface area (Å²) in [5.74, 6) is 2.23. The molecule has 2 aliphatic heterocycles. The second kappa shape index (κ2) is 7.51. The fourth-order valence-electron chi connectivity index (χ4n) is 3.86. The molecule has 2 aromatic heterocycles. The second-order valence-electron chi connectivity index (χ2n) is 7.36. The zero-order chi connectivity index (χ0) is 19.1. The molecule has 2 atom stereocenters. The standard InChI is InChI=1S/C20H23N5OS2/c1-13-10-16-18(27-13)19(22-15-6-7-21-11-15)24-20(23-16)25-8-9-28(26)17-5-3-2-4-14(17)12-25/h2-5,10,15,21H,6-9,11-12H2,1H3,(H,22,23,24). The van der Waals surface area contributed by atoms with Crippen LogP contribution in [0, 0.1) is 6.92 Å². The number of anilines is 2. The van der Waals surface area contributed by atoms with Crippen molar-refractivity contribution in [2.24, 2.45) is 0 Å². The second-order valence-corrected chi connectivity index (χ2v) is 10.2. The summed E-state index contributed by atoms with van der Waals surface area (Å²) >= 11 is 0.757. The zero-order valence-electron chi connectivity index (χ0n) is 15.8. The van der Waals surface area contributed by atoms with Gasteiger partial charge in [0.1, 0.15) is 11.6 Å². The molecule has 4 heterocycles. The van der Waals surface area contributed by atoms with Crippen molar-refractivity contribution < 1.29 is 4.55 Å². The molecule has 1 aromatic carbocycles. The molecule has 0 amide bonds. The smallest absolute Gasteiger partial charge is 0.228 e. The number of fused-ring (bicyclic) bond motifs is 2. The average molecular weight is 414 g/mol. The van der Waals surface area contributed by atoms with Gasteiger partial charge in [-0.25, -0.2) is 4.98 Å². The fraction of sp³-hybridized carbons (Fsp3) is 0.400. The molecule has 0 aliphatic carbocycles. The number of hydrogen-bond acceptors (Lipinski definition) is 7. The van der Waals surface area contributed by atoms with Crippen LogP contribution in [-0.4, -0.2) is 45.9 Å². The molecule has 5 rings (SSSR count). The van der Waals surface area contributed by atoms with Crippen molar-refractivity contribution >= 4 is 44.5 Å². The zero-order valence-corrected chi connectivity index (χ0v) is 17.4. The summed E-state index contributed by atoms with van der Waals surface area (Å²) in [5.41, 5.74) is 2.08. The van der Waals surface area contributed by atoms with E-state index >= 15 is 0 Å². The predicted molar refractivity (Wildman–Crippen MR) is 116 cm³/mol. The molecule has 8 heteroatoms. The lowest BCUT2D eigenvalue weighted by Gasteiger charge is -2.21. The minimum atomic E-state index is -0.978. The number of aromatic nitrogens is 2. The maximum atomic E-state index is 12.6. The molecule has 1 saturated heterocycles. The van der Waals surface area contributed by atoms with Crippen molar-refractivity contribution in [1.29, 1.82) is 0 Å².